The van der Waals surface area contributed by atoms with Crippen LogP contribution in [0.3, 0.4) is 0 Å². The third-order valence-electron chi connectivity index (χ3n) is 7.21. The number of halogens is 2. The maximum absolute atomic E-state index is 14.3. The molecular weight excluding hydrogens is 472 g/mol. The maximum atomic E-state index is 14.3. The molecule has 1 aliphatic heterocycles. The second kappa shape index (κ2) is 9.75. The van der Waals surface area contributed by atoms with Gasteiger partial charge in [-0.15, -0.1) is 0 Å². The number of fused-ring (bicyclic) bond motifs is 1. The lowest BCUT2D eigenvalue weighted by Gasteiger charge is -2.48. The Morgan fingerprint density at radius 3 is 2.41 bits per heavy atom. The van der Waals surface area contributed by atoms with Crippen LogP contribution in [0.25, 0.3) is 11.0 Å². The summed E-state index contributed by atoms with van der Waals surface area (Å²) in [6.07, 6.45) is 0. The zero-order valence-corrected chi connectivity index (χ0v) is 20.9. The van der Waals surface area contributed by atoms with E-state index in [1.807, 2.05) is 6.07 Å². The van der Waals surface area contributed by atoms with E-state index < -0.39 is 0 Å². The van der Waals surface area contributed by atoms with Crippen LogP contribution in [0, 0.1) is 23.0 Å². The third-order valence-corrected chi connectivity index (χ3v) is 7.21. The summed E-state index contributed by atoms with van der Waals surface area (Å²) >= 11 is 0. The zero-order valence-electron chi connectivity index (χ0n) is 20.9. The summed E-state index contributed by atoms with van der Waals surface area (Å²) in [5.74, 6) is -0.648. The summed E-state index contributed by atoms with van der Waals surface area (Å²) in [6.45, 7) is 5.35. The highest BCUT2D eigenvalue weighted by Gasteiger charge is 2.36. The molecule has 1 aliphatic rings. The van der Waals surface area contributed by atoms with E-state index >= 15 is 0 Å². The average Bonchev–Trinajstić information content (AvgIpc) is 2.89. The van der Waals surface area contributed by atoms with Crippen LogP contribution in [-0.4, -0.2) is 39.6 Å². The van der Waals surface area contributed by atoms with Gasteiger partial charge in [0.05, 0.1) is 17.2 Å². The first-order chi connectivity index (χ1) is 17.8. The number of nitriles is 1. The van der Waals surface area contributed by atoms with Gasteiger partial charge >= 0.3 is 0 Å². The van der Waals surface area contributed by atoms with Gasteiger partial charge in [0.25, 0.3) is 5.56 Å². The van der Waals surface area contributed by atoms with Crippen molar-refractivity contribution >= 4 is 16.7 Å². The van der Waals surface area contributed by atoms with Gasteiger partial charge in [-0.25, -0.2) is 13.8 Å². The molecule has 188 valence electrons. The molecule has 1 saturated heterocycles. The fraction of sp³-hybridized carbons (Fsp3) is 0.276. The molecule has 37 heavy (non-hydrogen) atoms. The highest BCUT2D eigenvalue weighted by molar-refractivity contribution is 5.89. The van der Waals surface area contributed by atoms with Gasteiger partial charge in [0.1, 0.15) is 28.9 Å². The average molecular weight is 500 g/mol. The quantitative estimate of drug-likeness (QED) is 0.405. The Morgan fingerprint density at radius 1 is 0.946 bits per heavy atom. The van der Waals surface area contributed by atoms with Gasteiger partial charge in [0, 0.05) is 38.3 Å². The predicted octanol–water partition coefficient (Wildman–Crippen LogP) is 4.77. The summed E-state index contributed by atoms with van der Waals surface area (Å²) in [4.78, 5) is 21.8. The Morgan fingerprint density at radius 2 is 1.70 bits per heavy atom. The molecule has 0 radical (unpaired) electrons. The molecule has 2 aromatic heterocycles. The minimum atomic E-state index is -0.324. The summed E-state index contributed by atoms with van der Waals surface area (Å²) in [7, 11) is 1.69. The lowest BCUT2D eigenvalue weighted by atomic mass is 9.93. The molecule has 0 bridgehead atoms. The van der Waals surface area contributed by atoms with Crippen LogP contribution in [0.4, 0.5) is 14.5 Å². The molecule has 1 fully saturated rings. The number of piperazine rings is 1. The number of hydrogen-bond acceptors (Lipinski definition) is 5. The van der Waals surface area contributed by atoms with Gasteiger partial charge in [0.2, 0.25) is 0 Å². The third kappa shape index (κ3) is 4.58. The first-order valence-electron chi connectivity index (χ1n) is 12.2. The molecule has 5 rings (SSSR count). The summed E-state index contributed by atoms with van der Waals surface area (Å²) in [6, 6.07) is 19.6. The van der Waals surface area contributed by atoms with Gasteiger partial charge in [-0.2, -0.15) is 5.26 Å². The maximum Gasteiger partial charge on any atom is 0.252 e. The van der Waals surface area contributed by atoms with Crippen molar-refractivity contribution in [1.29, 1.82) is 5.26 Å². The standard InChI is InChI=1S/C29H27F2N5O/c1-18-17-36(29(20-7-9-22(30)10-8-20)21-5-4-6-23(31)13-21)19(2)16-35(18)26-14-27(37)34(3)25-12-11-24(15-32)33-28(25)26/h4-14,18-19,29H,16-17H2,1-3H3/t18-,19?,29?/m0/s1. The van der Waals surface area contributed by atoms with Crippen molar-refractivity contribution in [2.24, 2.45) is 7.05 Å². The largest absolute Gasteiger partial charge is 0.364 e. The van der Waals surface area contributed by atoms with Gasteiger partial charge in [-0.05, 0) is 61.4 Å². The highest BCUT2D eigenvalue weighted by Crippen LogP contribution is 2.36. The van der Waals surface area contributed by atoms with Crippen molar-refractivity contribution < 1.29 is 8.78 Å². The predicted molar refractivity (Wildman–Crippen MR) is 139 cm³/mol. The van der Waals surface area contributed by atoms with Crippen molar-refractivity contribution in [2.75, 3.05) is 18.0 Å². The molecule has 0 spiro atoms. The lowest BCUT2D eigenvalue weighted by Crippen LogP contribution is -2.57. The van der Waals surface area contributed by atoms with E-state index in [0.29, 0.717) is 29.8 Å². The Balaban J connectivity index is 1.56. The van der Waals surface area contributed by atoms with E-state index in [2.05, 4.69) is 34.7 Å². The number of benzene rings is 2. The normalized spacial score (nSPS) is 19.1. The van der Waals surface area contributed by atoms with Crippen molar-refractivity contribution in [3.63, 3.8) is 0 Å². The molecule has 2 unspecified atom stereocenters. The Kier molecular flexibility index (Phi) is 6.48. The van der Waals surface area contributed by atoms with Crippen molar-refractivity contribution in [3.8, 4) is 6.07 Å². The van der Waals surface area contributed by atoms with Crippen LogP contribution >= 0.6 is 0 Å². The van der Waals surface area contributed by atoms with Crippen LogP contribution in [0.15, 0.2) is 71.5 Å². The highest BCUT2D eigenvalue weighted by atomic mass is 19.1. The SMILES string of the molecule is CC1CN(c2cc(=O)n(C)c3ccc(C#N)nc23)[C@@H](C)CN1C(c1ccc(F)cc1)c1cccc(F)c1. The zero-order chi connectivity index (χ0) is 26.3. The van der Waals surface area contributed by atoms with Crippen molar-refractivity contribution in [3.05, 3.63) is 106 Å². The number of nitrogens with zero attached hydrogens (tertiary/aromatic N) is 5. The monoisotopic (exact) mass is 499 g/mol. The van der Waals surface area contributed by atoms with Crippen LogP contribution in [0.1, 0.15) is 36.7 Å². The summed E-state index contributed by atoms with van der Waals surface area (Å²) in [5.41, 5.74) is 3.76. The van der Waals surface area contributed by atoms with E-state index in [4.69, 9.17) is 0 Å². The van der Waals surface area contributed by atoms with E-state index in [1.165, 1.54) is 28.8 Å². The van der Waals surface area contributed by atoms with E-state index in [-0.39, 0.29) is 41.0 Å². The number of anilines is 1. The molecule has 3 heterocycles. The number of aryl methyl sites for hydroxylation is 1. The number of aromatic nitrogens is 2. The van der Waals surface area contributed by atoms with Gasteiger partial charge in [-0.1, -0.05) is 24.3 Å². The Labute approximate surface area is 214 Å². The molecule has 0 amide bonds. The lowest BCUT2D eigenvalue weighted by molar-refractivity contribution is 0.130. The molecule has 2 aromatic carbocycles. The minimum absolute atomic E-state index is 0.00669. The first kappa shape index (κ1) is 24.6. The second-order valence-electron chi connectivity index (χ2n) is 9.66. The molecule has 4 aromatic rings. The van der Waals surface area contributed by atoms with Crippen LogP contribution in [-0.2, 0) is 7.05 Å². The minimum Gasteiger partial charge on any atom is -0.364 e. The number of hydrogen-bond donors (Lipinski definition) is 0. The van der Waals surface area contributed by atoms with Gasteiger partial charge in [0.15, 0.2) is 0 Å². The first-order valence-corrected chi connectivity index (χ1v) is 12.2. The molecule has 6 nitrogen and oxygen atoms in total. The van der Waals surface area contributed by atoms with E-state index in [1.54, 1.807) is 43.4 Å². The number of pyridine rings is 2. The van der Waals surface area contributed by atoms with Crippen LogP contribution in [0.5, 0.6) is 0 Å². The topological polar surface area (TPSA) is 65.2 Å². The molecule has 8 heteroatoms. The summed E-state index contributed by atoms with van der Waals surface area (Å²) < 4.78 is 29.5. The fourth-order valence-electron chi connectivity index (χ4n) is 5.34. The Bertz CT molecular complexity index is 1560. The molecular formula is C29H27F2N5O. The Hall–Kier alpha value is -4.09. The van der Waals surface area contributed by atoms with Crippen LogP contribution < -0.4 is 10.5 Å². The van der Waals surface area contributed by atoms with E-state index in [0.717, 1.165) is 11.1 Å². The summed E-state index contributed by atoms with van der Waals surface area (Å²) in [5, 5.41) is 9.41. The fourth-order valence-corrected chi connectivity index (χ4v) is 5.34. The molecule has 0 saturated carbocycles. The molecule has 0 N–H and O–H groups in total. The van der Waals surface area contributed by atoms with Gasteiger partial charge < -0.3 is 9.47 Å². The molecule has 0 aliphatic carbocycles. The smallest absolute Gasteiger partial charge is 0.252 e. The van der Waals surface area contributed by atoms with Gasteiger partial charge in [-0.3, -0.25) is 9.69 Å². The van der Waals surface area contributed by atoms with Crippen molar-refractivity contribution in [2.45, 2.75) is 32.0 Å². The van der Waals surface area contributed by atoms with Crippen molar-refractivity contribution in [1.82, 2.24) is 14.5 Å². The molecule has 3 atom stereocenters. The van der Waals surface area contributed by atoms with E-state index in [9.17, 15) is 18.8 Å². The van der Waals surface area contributed by atoms with Crippen LogP contribution in [0.2, 0.25) is 0 Å². The second-order valence-corrected chi connectivity index (χ2v) is 9.66. The number of rotatable bonds is 4.